The molecule has 0 unspecified atom stereocenters. The lowest BCUT2D eigenvalue weighted by Gasteiger charge is -2.02. The first-order chi connectivity index (χ1) is 12.5. The molecule has 1 aromatic heterocycles. The maximum absolute atomic E-state index is 12.3. The smallest absolute Gasteiger partial charge is 0.266 e. The highest BCUT2D eigenvalue weighted by Gasteiger charge is 2.15. The van der Waals surface area contributed by atoms with Crippen molar-refractivity contribution in [3.63, 3.8) is 0 Å². The van der Waals surface area contributed by atoms with Crippen LogP contribution in [0.1, 0.15) is 21.6 Å². The number of nitrogens with one attached hydrogen (secondary N) is 1. The van der Waals surface area contributed by atoms with Crippen LogP contribution in [-0.4, -0.2) is 21.9 Å². The molecule has 0 radical (unpaired) electrons. The van der Waals surface area contributed by atoms with Crippen molar-refractivity contribution in [1.29, 1.82) is 0 Å². The minimum atomic E-state index is -0.408. The fourth-order valence-electron chi connectivity index (χ4n) is 2.20. The summed E-state index contributed by atoms with van der Waals surface area (Å²) in [5.74, 6) is -0.408. The van der Waals surface area contributed by atoms with Crippen LogP contribution in [0.2, 0.25) is 5.02 Å². The minimum Gasteiger partial charge on any atom is -0.266 e. The highest BCUT2D eigenvalue weighted by Crippen LogP contribution is 2.17. The van der Waals surface area contributed by atoms with Crippen LogP contribution in [-0.2, 0) is 6.54 Å². The number of carbonyl (C=O) groups is 1. The molecule has 0 aliphatic rings. The van der Waals surface area contributed by atoms with E-state index in [1.165, 1.54) is 6.21 Å². The van der Waals surface area contributed by atoms with E-state index in [1.54, 1.807) is 23.0 Å². The second kappa shape index (κ2) is 8.62. The minimum absolute atomic E-state index is 0.262. The first-order valence-electron chi connectivity index (χ1n) is 7.58. The number of amides is 1. The van der Waals surface area contributed by atoms with Gasteiger partial charge in [-0.2, -0.15) is 10.2 Å². The van der Waals surface area contributed by atoms with Crippen LogP contribution in [0.3, 0.4) is 0 Å². The molecule has 8 heteroatoms. The molecule has 0 saturated carbocycles. The fraction of sp³-hybridized carbons (Fsp3) is 0.0556. The van der Waals surface area contributed by atoms with Crippen LogP contribution in [0.5, 0.6) is 0 Å². The van der Waals surface area contributed by atoms with Gasteiger partial charge in [-0.15, -0.1) is 0 Å². The molecule has 26 heavy (non-hydrogen) atoms. The van der Waals surface area contributed by atoms with E-state index in [-0.39, 0.29) is 5.69 Å². The molecule has 0 aliphatic heterocycles. The van der Waals surface area contributed by atoms with E-state index < -0.39 is 5.91 Å². The van der Waals surface area contributed by atoms with Gasteiger partial charge in [0.05, 0.1) is 17.2 Å². The number of rotatable bonds is 5. The zero-order valence-corrected chi connectivity index (χ0v) is 17.3. The number of nitrogens with zero attached hydrogens (tertiary/aromatic N) is 3. The molecule has 0 fully saturated rings. The van der Waals surface area contributed by atoms with E-state index in [9.17, 15) is 4.79 Å². The molecule has 1 N–H and O–H groups in total. The standard InChI is InChI=1S/C18H13Br2ClN4O/c19-14-7-5-12(6-8-14)10-25-11-15(20)17(24-25)18(26)23-22-9-13-3-1-2-4-16(13)21/h1-9,11H,10H2,(H,23,26). The fourth-order valence-corrected chi connectivity index (χ4v) is 3.15. The zero-order chi connectivity index (χ0) is 18.5. The molecule has 0 atom stereocenters. The number of halogens is 3. The first-order valence-corrected chi connectivity index (χ1v) is 9.54. The van der Waals surface area contributed by atoms with Gasteiger partial charge in [0.2, 0.25) is 0 Å². The van der Waals surface area contributed by atoms with Gasteiger partial charge in [-0.1, -0.05) is 57.9 Å². The molecule has 0 aliphatic carbocycles. The maximum atomic E-state index is 12.3. The van der Waals surface area contributed by atoms with Gasteiger partial charge in [0.25, 0.3) is 5.91 Å². The van der Waals surface area contributed by atoms with Crippen LogP contribution >= 0.6 is 43.5 Å². The first kappa shape index (κ1) is 18.8. The molecule has 5 nitrogen and oxygen atoms in total. The predicted octanol–water partition coefficient (Wildman–Crippen LogP) is 4.87. The van der Waals surface area contributed by atoms with E-state index in [2.05, 4.69) is 47.5 Å². The van der Waals surface area contributed by atoms with Crippen molar-refractivity contribution in [3.05, 3.63) is 85.5 Å². The van der Waals surface area contributed by atoms with Crippen LogP contribution < -0.4 is 5.43 Å². The van der Waals surface area contributed by atoms with E-state index in [4.69, 9.17) is 11.6 Å². The number of hydrogen-bond donors (Lipinski definition) is 1. The summed E-state index contributed by atoms with van der Waals surface area (Å²) >= 11 is 12.8. The summed E-state index contributed by atoms with van der Waals surface area (Å²) < 4.78 is 3.31. The Bertz CT molecular complexity index is 954. The van der Waals surface area contributed by atoms with Gasteiger partial charge >= 0.3 is 0 Å². The number of hydrogen-bond acceptors (Lipinski definition) is 3. The lowest BCUT2D eigenvalue weighted by Crippen LogP contribution is -2.19. The molecular formula is C18H13Br2ClN4O. The topological polar surface area (TPSA) is 59.3 Å². The predicted molar refractivity (Wildman–Crippen MR) is 110 cm³/mol. The average molecular weight is 497 g/mol. The Kier molecular flexibility index (Phi) is 6.24. The normalized spacial score (nSPS) is 11.0. The van der Waals surface area contributed by atoms with E-state index in [1.807, 2.05) is 36.4 Å². The monoisotopic (exact) mass is 494 g/mol. The summed E-state index contributed by atoms with van der Waals surface area (Å²) in [5, 5.41) is 8.82. The van der Waals surface area contributed by atoms with Crippen molar-refractivity contribution in [2.24, 2.45) is 5.10 Å². The molecule has 1 heterocycles. The highest BCUT2D eigenvalue weighted by atomic mass is 79.9. The Labute approximate surface area is 172 Å². The van der Waals surface area contributed by atoms with Crippen molar-refractivity contribution in [2.75, 3.05) is 0 Å². The van der Waals surface area contributed by atoms with Gasteiger partial charge in [-0.05, 0) is 39.7 Å². The second-order valence-corrected chi connectivity index (χ2v) is 7.55. The molecule has 0 spiro atoms. The Morgan fingerprint density at radius 2 is 1.92 bits per heavy atom. The summed E-state index contributed by atoms with van der Waals surface area (Å²) in [5.41, 5.74) is 4.52. The quantitative estimate of drug-likeness (QED) is 0.405. The van der Waals surface area contributed by atoms with Crippen molar-refractivity contribution >= 4 is 55.6 Å². The van der Waals surface area contributed by atoms with Gasteiger partial charge in [0, 0.05) is 21.3 Å². The van der Waals surface area contributed by atoms with Gasteiger partial charge in [-0.25, -0.2) is 5.43 Å². The molecule has 0 bridgehead atoms. The number of benzene rings is 2. The molecule has 3 aromatic rings. The summed E-state index contributed by atoms with van der Waals surface area (Å²) in [6.45, 7) is 0.558. The second-order valence-electron chi connectivity index (χ2n) is 5.37. The van der Waals surface area contributed by atoms with Crippen LogP contribution in [0.15, 0.2) is 68.8 Å². The highest BCUT2D eigenvalue weighted by molar-refractivity contribution is 9.10. The molecule has 2 aromatic carbocycles. The van der Waals surface area contributed by atoms with E-state index in [0.717, 1.165) is 10.0 Å². The summed E-state index contributed by atoms with van der Waals surface area (Å²) in [4.78, 5) is 12.3. The van der Waals surface area contributed by atoms with Crippen LogP contribution in [0, 0.1) is 0 Å². The number of aromatic nitrogens is 2. The Balaban J connectivity index is 1.67. The van der Waals surface area contributed by atoms with E-state index >= 15 is 0 Å². The molecule has 1 amide bonds. The van der Waals surface area contributed by atoms with Crippen molar-refractivity contribution < 1.29 is 4.79 Å². The molecule has 0 saturated heterocycles. The van der Waals surface area contributed by atoms with Crippen molar-refractivity contribution in [2.45, 2.75) is 6.54 Å². The third-order valence-electron chi connectivity index (χ3n) is 3.46. The third kappa shape index (κ3) is 4.81. The Morgan fingerprint density at radius 3 is 2.65 bits per heavy atom. The van der Waals surface area contributed by atoms with Gasteiger partial charge in [0.1, 0.15) is 0 Å². The largest absolute Gasteiger partial charge is 0.293 e. The molecule has 132 valence electrons. The summed E-state index contributed by atoms with van der Waals surface area (Å²) in [7, 11) is 0. The zero-order valence-electron chi connectivity index (χ0n) is 13.4. The van der Waals surface area contributed by atoms with Gasteiger partial charge in [-0.3, -0.25) is 9.48 Å². The average Bonchev–Trinajstić information content (AvgIpc) is 2.99. The van der Waals surface area contributed by atoms with Crippen molar-refractivity contribution in [1.82, 2.24) is 15.2 Å². The molecule has 3 rings (SSSR count). The maximum Gasteiger partial charge on any atom is 0.293 e. The number of carbonyl (C=O) groups excluding carboxylic acids is 1. The SMILES string of the molecule is O=C(NN=Cc1ccccc1Cl)c1nn(Cc2ccc(Br)cc2)cc1Br. The van der Waals surface area contributed by atoms with Gasteiger partial charge < -0.3 is 0 Å². The lowest BCUT2D eigenvalue weighted by atomic mass is 10.2. The van der Waals surface area contributed by atoms with Gasteiger partial charge in [0.15, 0.2) is 5.69 Å². The van der Waals surface area contributed by atoms with Crippen LogP contribution in [0.4, 0.5) is 0 Å². The van der Waals surface area contributed by atoms with Crippen LogP contribution in [0.25, 0.3) is 0 Å². The Morgan fingerprint density at radius 1 is 1.19 bits per heavy atom. The molecular weight excluding hydrogens is 483 g/mol. The third-order valence-corrected chi connectivity index (χ3v) is 4.92. The number of hydrazone groups is 1. The van der Waals surface area contributed by atoms with Crippen molar-refractivity contribution in [3.8, 4) is 0 Å². The lowest BCUT2D eigenvalue weighted by molar-refractivity contribution is 0.0948. The summed E-state index contributed by atoms with van der Waals surface area (Å²) in [6.07, 6.45) is 3.25. The summed E-state index contributed by atoms with van der Waals surface area (Å²) in [6, 6.07) is 15.1. The Hall–Kier alpha value is -1.96. The van der Waals surface area contributed by atoms with E-state index in [0.29, 0.717) is 21.6 Å².